The summed E-state index contributed by atoms with van der Waals surface area (Å²) >= 11 is 0. The third-order valence-corrected chi connectivity index (χ3v) is 2.66. The fourth-order valence-electron chi connectivity index (χ4n) is 1.64. The molecule has 0 radical (unpaired) electrons. The Morgan fingerprint density at radius 1 is 1.06 bits per heavy atom. The van der Waals surface area contributed by atoms with E-state index in [1.54, 1.807) is 4.90 Å². The van der Waals surface area contributed by atoms with Gasteiger partial charge in [-0.05, 0) is 33.5 Å². The Hall–Kier alpha value is -1.10. The van der Waals surface area contributed by atoms with Crippen molar-refractivity contribution in [2.24, 2.45) is 0 Å². The Kier molecular flexibility index (Phi) is 9.28. The molecule has 0 aliphatic rings. The molecule has 0 saturated carbocycles. The summed E-state index contributed by atoms with van der Waals surface area (Å²) in [5, 5.41) is 0. The summed E-state index contributed by atoms with van der Waals surface area (Å²) < 4.78 is 4.60. The molecule has 0 unspecified atom stereocenters. The molecular formula is C13H26N2O3. The lowest BCUT2D eigenvalue weighted by atomic mass is 10.2. The van der Waals surface area contributed by atoms with Gasteiger partial charge in [-0.3, -0.25) is 9.59 Å². The van der Waals surface area contributed by atoms with E-state index in [9.17, 15) is 9.59 Å². The standard InChI is InChI=1S/C13H26N2O3/c1-5-7-12(16)15(10-6-9-14(2)3)11-8-13(17)18-4/h5-11H2,1-4H3. The molecule has 0 fully saturated rings. The van der Waals surface area contributed by atoms with Crippen molar-refractivity contribution in [2.45, 2.75) is 32.6 Å². The molecule has 0 aromatic carbocycles. The first-order valence-electron chi connectivity index (χ1n) is 6.50. The predicted octanol–water partition coefficient (Wildman–Crippen LogP) is 1.13. The molecule has 0 saturated heterocycles. The van der Waals surface area contributed by atoms with E-state index in [1.807, 2.05) is 21.0 Å². The molecule has 0 heterocycles. The van der Waals surface area contributed by atoms with Crippen LogP contribution in [-0.2, 0) is 14.3 Å². The number of amides is 1. The number of ether oxygens (including phenoxy) is 1. The molecule has 5 heteroatoms. The van der Waals surface area contributed by atoms with Gasteiger partial charge in [-0.25, -0.2) is 0 Å². The highest BCUT2D eigenvalue weighted by Crippen LogP contribution is 2.02. The van der Waals surface area contributed by atoms with Crippen LogP contribution >= 0.6 is 0 Å². The van der Waals surface area contributed by atoms with Crippen molar-refractivity contribution < 1.29 is 14.3 Å². The largest absolute Gasteiger partial charge is 0.469 e. The number of nitrogens with zero attached hydrogens (tertiary/aromatic N) is 2. The molecule has 106 valence electrons. The number of methoxy groups -OCH3 is 1. The SMILES string of the molecule is CCCC(=O)N(CCCN(C)C)CCC(=O)OC. The van der Waals surface area contributed by atoms with Gasteiger partial charge in [0.1, 0.15) is 0 Å². The number of hydrogen-bond acceptors (Lipinski definition) is 4. The minimum Gasteiger partial charge on any atom is -0.469 e. The second-order valence-electron chi connectivity index (χ2n) is 4.61. The lowest BCUT2D eigenvalue weighted by Crippen LogP contribution is -2.35. The fraction of sp³-hybridized carbons (Fsp3) is 0.846. The first-order chi connectivity index (χ1) is 8.51. The molecule has 0 aliphatic heterocycles. The van der Waals surface area contributed by atoms with E-state index in [1.165, 1.54) is 7.11 Å². The Morgan fingerprint density at radius 2 is 1.72 bits per heavy atom. The highest BCUT2D eigenvalue weighted by atomic mass is 16.5. The summed E-state index contributed by atoms with van der Waals surface area (Å²) in [5.41, 5.74) is 0. The summed E-state index contributed by atoms with van der Waals surface area (Å²) in [7, 11) is 5.38. The first kappa shape index (κ1) is 16.9. The third kappa shape index (κ3) is 8.06. The van der Waals surface area contributed by atoms with Crippen molar-refractivity contribution in [3.05, 3.63) is 0 Å². The second-order valence-corrected chi connectivity index (χ2v) is 4.61. The van der Waals surface area contributed by atoms with Crippen LogP contribution in [0.25, 0.3) is 0 Å². The molecular weight excluding hydrogens is 232 g/mol. The zero-order valence-electron chi connectivity index (χ0n) is 12.1. The number of rotatable bonds is 9. The normalized spacial score (nSPS) is 10.5. The molecule has 0 aromatic heterocycles. The molecule has 0 aromatic rings. The minimum atomic E-state index is -0.267. The van der Waals surface area contributed by atoms with E-state index < -0.39 is 0 Å². The average Bonchev–Trinajstić information content (AvgIpc) is 2.32. The van der Waals surface area contributed by atoms with Crippen molar-refractivity contribution >= 4 is 11.9 Å². The third-order valence-electron chi connectivity index (χ3n) is 2.66. The zero-order valence-corrected chi connectivity index (χ0v) is 12.1. The van der Waals surface area contributed by atoms with Crippen LogP contribution in [0.5, 0.6) is 0 Å². The van der Waals surface area contributed by atoms with Crippen molar-refractivity contribution in [1.29, 1.82) is 0 Å². The Balaban J connectivity index is 4.15. The maximum absolute atomic E-state index is 11.9. The molecule has 5 nitrogen and oxygen atoms in total. The van der Waals surface area contributed by atoms with E-state index in [0.717, 1.165) is 19.4 Å². The van der Waals surface area contributed by atoms with Crippen LogP contribution in [-0.4, -0.2) is 62.5 Å². The van der Waals surface area contributed by atoms with Crippen molar-refractivity contribution in [3.8, 4) is 0 Å². The van der Waals surface area contributed by atoms with Gasteiger partial charge < -0.3 is 14.5 Å². The quantitative estimate of drug-likeness (QED) is 0.582. The van der Waals surface area contributed by atoms with Crippen LogP contribution in [0.1, 0.15) is 32.6 Å². The predicted molar refractivity (Wildman–Crippen MR) is 71.3 cm³/mol. The van der Waals surface area contributed by atoms with Gasteiger partial charge in [0.15, 0.2) is 0 Å². The topological polar surface area (TPSA) is 49.9 Å². The zero-order chi connectivity index (χ0) is 14.0. The van der Waals surface area contributed by atoms with Gasteiger partial charge in [-0.2, -0.15) is 0 Å². The Morgan fingerprint density at radius 3 is 2.22 bits per heavy atom. The van der Waals surface area contributed by atoms with Gasteiger partial charge >= 0.3 is 5.97 Å². The van der Waals surface area contributed by atoms with Crippen molar-refractivity contribution in [2.75, 3.05) is 40.8 Å². The molecule has 0 aliphatic carbocycles. The number of hydrogen-bond donors (Lipinski definition) is 0. The summed E-state index contributed by atoms with van der Waals surface area (Å²) in [6, 6.07) is 0. The van der Waals surface area contributed by atoms with Crippen LogP contribution in [0.15, 0.2) is 0 Å². The highest BCUT2D eigenvalue weighted by Gasteiger charge is 2.14. The van der Waals surface area contributed by atoms with Gasteiger partial charge in [0, 0.05) is 19.5 Å². The lowest BCUT2D eigenvalue weighted by Gasteiger charge is -2.23. The Labute approximate surface area is 110 Å². The van der Waals surface area contributed by atoms with Crippen molar-refractivity contribution in [1.82, 2.24) is 9.80 Å². The molecule has 0 bridgehead atoms. The summed E-state index contributed by atoms with van der Waals surface area (Å²) in [6.45, 7) is 4.08. The van der Waals surface area contributed by atoms with E-state index in [-0.39, 0.29) is 18.3 Å². The average molecular weight is 258 g/mol. The maximum atomic E-state index is 11.9. The maximum Gasteiger partial charge on any atom is 0.307 e. The molecule has 18 heavy (non-hydrogen) atoms. The smallest absolute Gasteiger partial charge is 0.307 e. The van der Waals surface area contributed by atoms with Crippen LogP contribution in [0, 0.1) is 0 Å². The van der Waals surface area contributed by atoms with Crippen molar-refractivity contribution in [3.63, 3.8) is 0 Å². The van der Waals surface area contributed by atoms with Gasteiger partial charge in [-0.15, -0.1) is 0 Å². The second kappa shape index (κ2) is 9.88. The molecule has 0 atom stereocenters. The number of carbonyl (C=O) groups excluding carboxylic acids is 2. The highest BCUT2D eigenvalue weighted by molar-refractivity contribution is 5.77. The van der Waals surface area contributed by atoms with Gasteiger partial charge in [0.25, 0.3) is 0 Å². The van der Waals surface area contributed by atoms with E-state index in [0.29, 0.717) is 19.5 Å². The van der Waals surface area contributed by atoms with E-state index >= 15 is 0 Å². The first-order valence-corrected chi connectivity index (χ1v) is 6.50. The monoisotopic (exact) mass is 258 g/mol. The molecule has 0 spiro atoms. The molecule has 0 rings (SSSR count). The molecule has 1 amide bonds. The van der Waals surface area contributed by atoms with Gasteiger partial charge in [0.2, 0.25) is 5.91 Å². The van der Waals surface area contributed by atoms with Gasteiger partial charge in [0.05, 0.1) is 13.5 Å². The lowest BCUT2D eigenvalue weighted by molar-refractivity contribution is -0.141. The number of esters is 1. The van der Waals surface area contributed by atoms with Gasteiger partial charge in [-0.1, -0.05) is 6.92 Å². The fourth-order valence-corrected chi connectivity index (χ4v) is 1.64. The van der Waals surface area contributed by atoms with Crippen LogP contribution in [0.2, 0.25) is 0 Å². The van der Waals surface area contributed by atoms with Crippen LogP contribution < -0.4 is 0 Å². The molecule has 0 N–H and O–H groups in total. The van der Waals surface area contributed by atoms with E-state index in [2.05, 4.69) is 9.64 Å². The summed E-state index contributed by atoms with van der Waals surface area (Å²) in [5.74, 6) is -0.142. The summed E-state index contributed by atoms with van der Waals surface area (Å²) in [6.07, 6.45) is 2.57. The van der Waals surface area contributed by atoms with E-state index in [4.69, 9.17) is 0 Å². The van der Waals surface area contributed by atoms with Crippen LogP contribution in [0.4, 0.5) is 0 Å². The number of carbonyl (C=O) groups is 2. The summed E-state index contributed by atoms with van der Waals surface area (Å²) in [4.78, 5) is 26.8. The Bertz CT molecular complexity index is 255. The van der Waals surface area contributed by atoms with Crippen LogP contribution in [0.3, 0.4) is 0 Å². The minimum absolute atomic E-state index is 0.125.